The van der Waals surface area contributed by atoms with Gasteiger partial charge in [0, 0.05) is 6.08 Å². The predicted molar refractivity (Wildman–Crippen MR) is 86.7 cm³/mol. The Balaban J connectivity index is 2.70. The van der Waals surface area contributed by atoms with E-state index in [0.29, 0.717) is 6.08 Å². The van der Waals surface area contributed by atoms with Crippen LogP contribution in [0, 0.1) is 0 Å². The molecule has 0 aromatic rings. The molecule has 0 aliphatic carbocycles. The van der Waals surface area contributed by atoms with Crippen molar-refractivity contribution in [3.8, 4) is 0 Å². The zero-order valence-electron chi connectivity index (χ0n) is 14.0. The highest BCUT2D eigenvalue weighted by Gasteiger charge is 2.44. The molecule has 1 rings (SSSR count). The third-order valence-electron chi connectivity index (χ3n) is 3.18. The van der Waals surface area contributed by atoms with Crippen molar-refractivity contribution in [2.75, 3.05) is 19.7 Å². The number of carbonyl (C=O) groups excluding carboxylic acids is 5. The van der Waals surface area contributed by atoms with Crippen molar-refractivity contribution in [1.82, 2.24) is 20.3 Å². The number of nitrogens with zero attached hydrogens (tertiary/aromatic N) is 1. The van der Waals surface area contributed by atoms with Crippen molar-refractivity contribution in [2.24, 2.45) is 5.73 Å². The van der Waals surface area contributed by atoms with E-state index in [1.54, 1.807) is 0 Å². The Hall–Kier alpha value is -3.08. The minimum Gasteiger partial charge on any atom is -0.393 e. The van der Waals surface area contributed by atoms with Crippen LogP contribution in [0.3, 0.4) is 0 Å². The summed E-state index contributed by atoms with van der Waals surface area (Å²) in [6.07, 6.45) is -1.27. The van der Waals surface area contributed by atoms with Crippen molar-refractivity contribution >= 4 is 39.8 Å². The Morgan fingerprint density at radius 1 is 1.32 bits per heavy atom. The van der Waals surface area contributed by atoms with E-state index in [2.05, 4.69) is 0 Å². The monoisotopic (exact) mass is 423 g/mol. The number of rotatable bonds is 9. The van der Waals surface area contributed by atoms with E-state index in [1.807, 2.05) is 16.0 Å². The lowest BCUT2D eigenvalue weighted by Gasteiger charge is -2.35. The molecule has 8 N–H and O–H groups in total. The van der Waals surface area contributed by atoms with Gasteiger partial charge in [-0.05, 0) is 0 Å². The summed E-state index contributed by atoms with van der Waals surface area (Å²) in [6, 6.07) is -1.35. The fourth-order valence-corrected chi connectivity index (χ4v) is 2.50. The van der Waals surface area contributed by atoms with Crippen LogP contribution < -0.4 is 21.7 Å². The van der Waals surface area contributed by atoms with Crippen molar-refractivity contribution in [3.05, 3.63) is 11.8 Å². The fourth-order valence-electron chi connectivity index (χ4n) is 1.81. The summed E-state index contributed by atoms with van der Waals surface area (Å²) >= 11 is 0. The minimum atomic E-state index is -4.77. The Morgan fingerprint density at radius 2 is 1.93 bits per heavy atom. The van der Waals surface area contributed by atoms with Gasteiger partial charge in [0.25, 0.3) is 17.7 Å². The standard InChI is InChI=1S/C12H17N5O10S/c13-8(20)1-5(15-9(21)2-14-11(23)7(19)4-18)10(22)16-6-3-17(12(6)24)28(25,26)27/h1,6-7,18-19H,2-4H2,(H2,13,20)(H,14,23)(H,15,21)(H,16,22)(H,25,26,27)/b5-1+/t6-,7?/m0/s1. The lowest BCUT2D eigenvalue weighted by Crippen LogP contribution is -2.65. The minimum absolute atomic E-state index is 0.0794. The average Bonchev–Trinajstić information content (AvgIpc) is 2.59. The molecule has 1 aliphatic heterocycles. The number of nitrogens with one attached hydrogen (secondary N) is 3. The molecule has 0 spiro atoms. The highest BCUT2D eigenvalue weighted by atomic mass is 32.2. The van der Waals surface area contributed by atoms with Gasteiger partial charge in [-0.25, -0.2) is 4.31 Å². The predicted octanol–water partition coefficient (Wildman–Crippen LogP) is -5.93. The van der Waals surface area contributed by atoms with Gasteiger partial charge >= 0.3 is 10.3 Å². The molecule has 15 nitrogen and oxygen atoms in total. The molecule has 0 bridgehead atoms. The van der Waals surface area contributed by atoms with Gasteiger partial charge in [-0.1, -0.05) is 0 Å². The second kappa shape index (κ2) is 9.22. The van der Waals surface area contributed by atoms with Crippen LogP contribution >= 0.6 is 0 Å². The second-order valence-electron chi connectivity index (χ2n) is 5.30. The van der Waals surface area contributed by atoms with Crippen LogP contribution in [0.2, 0.25) is 0 Å². The van der Waals surface area contributed by atoms with E-state index in [0.717, 1.165) is 0 Å². The van der Waals surface area contributed by atoms with Gasteiger partial charge in [-0.2, -0.15) is 8.42 Å². The van der Waals surface area contributed by atoms with E-state index < -0.39 is 77.4 Å². The van der Waals surface area contributed by atoms with Crippen LogP contribution in [-0.4, -0.2) is 88.9 Å². The number of hydrogen-bond acceptors (Lipinski definition) is 9. The highest BCUT2D eigenvalue weighted by Crippen LogP contribution is 2.14. The second-order valence-corrected chi connectivity index (χ2v) is 6.63. The number of aliphatic hydroxyl groups excluding tert-OH is 2. The quantitative estimate of drug-likeness (QED) is 0.105. The summed E-state index contributed by atoms with van der Waals surface area (Å²) in [5.41, 5.74) is 4.19. The third-order valence-corrected chi connectivity index (χ3v) is 4.07. The molecular formula is C12H17N5O10S. The van der Waals surface area contributed by atoms with Crippen LogP contribution in [0.25, 0.3) is 0 Å². The molecule has 1 heterocycles. The smallest absolute Gasteiger partial charge is 0.362 e. The molecule has 1 saturated heterocycles. The third kappa shape index (κ3) is 6.27. The Kier molecular flexibility index (Phi) is 7.56. The van der Waals surface area contributed by atoms with Crippen molar-refractivity contribution in [1.29, 1.82) is 0 Å². The zero-order valence-corrected chi connectivity index (χ0v) is 14.8. The van der Waals surface area contributed by atoms with Crippen LogP contribution in [0.15, 0.2) is 11.8 Å². The summed E-state index contributed by atoms with van der Waals surface area (Å²) in [5, 5.41) is 23.5. The number of β-lactam (4-membered cyclic amide) rings is 1. The summed E-state index contributed by atoms with van der Waals surface area (Å²) in [5.74, 6) is -5.58. The molecule has 2 atom stereocenters. The Morgan fingerprint density at radius 3 is 2.39 bits per heavy atom. The molecule has 0 saturated carbocycles. The molecule has 1 fully saturated rings. The summed E-state index contributed by atoms with van der Waals surface area (Å²) in [4.78, 5) is 57.6. The van der Waals surface area contributed by atoms with Gasteiger partial charge < -0.3 is 31.9 Å². The molecule has 28 heavy (non-hydrogen) atoms. The number of carbonyl (C=O) groups is 5. The first kappa shape index (κ1) is 23.0. The van der Waals surface area contributed by atoms with Crippen LogP contribution in [0.4, 0.5) is 0 Å². The molecule has 5 amide bonds. The van der Waals surface area contributed by atoms with Crippen LogP contribution in [0.1, 0.15) is 0 Å². The maximum Gasteiger partial charge on any atom is 0.362 e. The molecule has 0 aromatic heterocycles. The van der Waals surface area contributed by atoms with E-state index in [9.17, 15) is 32.4 Å². The first-order chi connectivity index (χ1) is 12.9. The first-order valence-electron chi connectivity index (χ1n) is 7.34. The van der Waals surface area contributed by atoms with Gasteiger partial charge in [-0.3, -0.25) is 28.5 Å². The van der Waals surface area contributed by atoms with E-state index in [4.69, 9.17) is 20.5 Å². The number of primary amides is 1. The molecule has 156 valence electrons. The van der Waals surface area contributed by atoms with E-state index >= 15 is 0 Å². The lowest BCUT2D eigenvalue weighted by molar-refractivity contribution is -0.140. The van der Waals surface area contributed by atoms with E-state index in [1.165, 1.54) is 0 Å². The van der Waals surface area contributed by atoms with Gasteiger partial charge in [0.15, 0.2) is 6.10 Å². The average molecular weight is 423 g/mol. The molecule has 0 radical (unpaired) electrons. The molecule has 1 unspecified atom stereocenters. The van der Waals surface area contributed by atoms with Gasteiger partial charge in [0.2, 0.25) is 11.8 Å². The van der Waals surface area contributed by atoms with Crippen molar-refractivity contribution in [2.45, 2.75) is 12.1 Å². The van der Waals surface area contributed by atoms with Crippen LogP contribution in [0.5, 0.6) is 0 Å². The van der Waals surface area contributed by atoms with Crippen molar-refractivity contribution in [3.63, 3.8) is 0 Å². The van der Waals surface area contributed by atoms with Gasteiger partial charge in [0.05, 0.1) is 19.7 Å². The SMILES string of the molecule is NC(=O)/C=C(/NC(=O)CNC(=O)C(O)CO)C(=O)N[C@H]1CN(S(=O)(=O)O)C1=O. The number of amides is 5. The number of hydrogen-bond donors (Lipinski definition) is 7. The highest BCUT2D eigenvalue weighted by molar-refractivity contribution is 7.84. The maximum absolute atomic E-state index is 12.1. The topological polar surface area (TPSA) is 246 Å². The summed E-state index contributed by atoms with van der Waals surface area (Å²) in [7, 11) is -4.77. The summed E-state index contributed by atoms with van der Waals surface area (Å²) < 4.78 is 30.5. The molecular weight excluding hydrogens is 406 g/mol. The number of nitrogens with two attached hydrogens (primary N) is 1. The maximum atomic E-state index is 12.1. The van der Waals surface area contributed by atoms with Gasteiger partial charge in [-0.15, -0.1) is 0 Å². The van der Waals surface area contributed by atoms with Crippen molar-refractivity contribution < 1.29 is 47.2 Å². The fraction of sp³-hybridized carbons (Fsp3) is 0.417. The van der Waals surface area contributed by atoms with Gasteiger partial charge in [0.1, 0.15) is 11.7 Å². The normalized spacial score (nSPS) is 18.0. The molecule has 16 heteroatoms. The molecule has 1 aliphatic rings. The van der Waals surface area contributed by atoms with Crippen LogP contribution in [-0.2, 0) is 34.3 Å². The Bertz CT molecular complexity index is 823. The largest absolute Gasteiger partial charge is 0.393 e. The Labute approximate surface area is 157 Å². The lowest BCUT2D eigenvalue weighted by atomic mass is 10.1. The van der Waals surface area contributed by atoms with E-state index in [-0.39, 0.29) is 4.31 Å². The summed E-state index contributed by atoms with van der Waals surface area (Å²) in [6.45, 7) is -2.22. The number of aliphatic hydroxyl groups is 2. The zero-order chi connectivity index (χ0) is 21.6. The molecule has 0 aromatic carbocycles. The first-order valence-corrected chi connectivity index (χ1v) is 8.74.